The van der Waals surface area contributed by atoms with Crippen LogP contribution in [0.5, 0.6) is 17.2 Å². The van der Waals surface area contributed by atoms with Gasteiger partial charge in [-0.3, -0.25) is 9.11 Å². The molecule has 4 rings (SSSR count). The molecule has 9 nitrogen and oxygen atoms in total. The molecule has 3 aromatic rings. The third-order valence-electron chi connectivity index (χ3n) is 6.33. The Labute approximate surface area is 214 Å². The van der Waals surface area contributed by atoms with Gasteiger partial charge in [0.1, 0.15) is 17.7 Å². The van der Waals surface area contributed by atoms with Crippen molar-refractivity contribution in [3.05, 3.63) is 53.9 Å². The van der Waals surface area contributed by atoms with Crippen molar-refractivity contribution in [3.8, 4) is 28.7 Å². The quantitative estimate of drug-likeness (QED) is 0.437. The van der Waals surface area contributed by atoms with Gasteiger partial charge >= 0.3 is 0 Å². The predicted molar refractivity (Wildman–Crippen MR) is 139 cm³/mol. The summed E-state index contributed by atoms with van der Waals surface area (Å²) in [7, 11) is 3.50. The zero-order valence-corrected chi connectivity index (χ0v) is 21.9. The van der Waals surface area contributed by atoms with Crippen LogP contribution in [-0.4, -0.2) is 78.7 Å². The topological polar surface area (TPSA) is 97.5 Å². The van der Waals surface area contributed by atoms with Crippen molar-refractivity contribution in [1.82, 2.24) is 9.88 Å². The fourth-order valence-corrected chi connectivity index (χ4v) is 5.44. The molecule has 1 fully saturated rings. The van der Waals surface area contributed by atoms with Crippen LogP contribution < -0.4 is 19.1 Å². The minimum absolute atomic E-state index is 0.153. The summed E-state index contributed by atoms with van der Waals surface area (Å²) in [4.78, 5) is 8.81. The maximum Gasteiger partial charge on any atom is 0.226 e. The van der Waals surface area contributed by atoms with E-state index in [2.05, 4.69) is 9.88 Å². The van der Waals surface area contributed by atoms with Crippen molar-refractivity contribution in [2.45, 2.75) is 18.9 Å². The van der Waals surface area contributed by atoms with Crippen molar-refractivity contribution in [3.63, 3.8) is 0 Å². The van der Waals surface area contributed by atoms with Gasteiger partial charge in [0.15, 0.2) is 11.5 Å². The highest BCUT2D eigenvalue weighted by Crippen LogP contribution is 2.32. The van der Waals surface area contributed by atoms with Crippen LogP contribution in [0, 0.1) is 6.92 Å². The van der Waals surface area contributed by atoms with Crippen LogP contribution in [0.2, 0.25) is 0 Å². The van der Waals surface area contributed by atoms with Gasteiger partial charge in [0, 0.05) is 48.2 Å². The van der Waals surface area contributed by atoms with Gasteiger partial charge in [0.05, 0.1) is 38.5 Å². The van der Waals surface area contributed by atoms with Crippen LogP contribution in [0.4, 0.5) is 5.69 Å². The first kappa shape index (κ1) is 26.0. The van der Waals surface area contributed by atoms with Gasteiger partial charge in [-0.25, -0.2) is 4.98 Å². The molecule has 1 saturated heterocycles. The number of benzene rings is 2. The van der Waals surface area contributed by atoms with Gasteiger partial charge in [-0.05, 0) is 49.4 Å². The van der Waals surface area contributed by atoms with Crippen molar-refractivity contribution in [1.29, 1.82) is 0 Å². The molecule has 1 aromatic heterocycles. The number of aliphatic hydroxyl groups excluding tert-OH is 1. The molecule has 2 aromatic carbocycles. The Morgan fingerprint density at radius 2 is 1.69 bits per heavy atom. The number of methoxy groups -OCH3 is 3. The van der Waals surface area contributed by atoms with Gasteiger partial charge < -0.3 is 28.6 Å². The average Bonchev–Trinajstić information content (AvgIpc) is 3.27. The molecule has 1 N–H and O–H groups in total. The van der Waals surface area contributed by atoms with Crippen LogP contribution in [0.25, 0.3) is 11.5 Å². The number of oxazole rings is 1. The molecule has 36 heavy (non-hydrogen) atoms. The van der Waals surface area contributed by atoms with Gasteiger partial charge in [0.2, 0.25) is 5.89 Å². The van der Waals surface area contributed by atoms with Crippen LogP contribution in [0.1, 0.15) is 11.5 Å². The molecule has 2 unspecified atom stereocenters. The number of aryl methyl sites for hydroxylation is 1. The normalized spacial score (nSPS) is 16.0. The van der Waals surface area contributed by atoms with Crippen LogP contribution >= 0.6 is 0 Å². The van der Waals surface area contributed by atoms with E-state index in [0.29, 0.717) is 41.9 Å². The fraction of sp³-hybridized carbons (Fsp3) is 0.423. The van der Waals surface area contributed by atoms with E-state index >= 15 is 0 Å². The van der Waals surface area contributed by atoms with Crippen LogP contribution in [0.3, 0.4) is 0 Å². The Morgan fingerprint density at radius 1 is 1.00 bits per heavy atom. The highest BCUT2D eigenvalue weighted by Gasteiger charge is 2.25. The molecule has 2 atom stereocenters. The summed E-state index contributed by atoms with van der Waals surface area (Å²) >= 11 is 0. The second-order valence-electron chi connectivity index (χ2n) is 8.54. The summed E-state index contributed by atoms with van der Waals surface area (Å²) in [6.07, 6.45) is -0.777. The number of piperazine rings is 1. The first-order valence-corrected chi connectivity index (χ1v) is 13.3. The van der Waals surface area contributed by atoms with E-state index < -0.39 is 17.0 Å². The van der Waals surface area contributed by atoms with Gasteiger partial charge in [0.25, 0.3) is 0 Å². The first-order valence-electron chi connectivity index (χ1n) is 11.8. The van der Waals surface area contributed by atoms with Crippen molar-refractivity contribution in [2.75, 3.05) is 58.2 Å². The monoisotopic (exact) mass is 515 g/mol. The largest absolute Gasteiger partial charge is 0.497 e. The molecule has 1 aliphatic heterocycles. The molecule has 1 aliphatic rings. The minimum atomic E-state index is -1.30. The Kier molecular flexibility index (Phi) is 8.50. The van der Waals surface area contributed by atoms with E-state index in [9.17, 15) is 9.32 Å². The SMILES string of the molecule is COc1ccc(N2CCN(C(O)CS(=O)Cc3nc(-c4ccc(OC)c(OC)c4)oc3C)CC2)cc1. The number of anilines is 1. The van der Waals surface area contributed by atoms with Crippen LogP contribution in [0.15, 0.2) is 46.9 Å². The molecule has 194 valence electrons. The standard InChI is InChI=1S/C26H33N3O6S/c1-18-22(27-26(35-18)19-5-10-23(33-3)24(15-19)34-4)16-36(31)17-25(30)29-13-11-28(12-14-29)20-6-8-21(32-2)9-7-20/h5-10,15,25,30H,11-14,16-17H2,1-4H3. The maximum atomic E-state index is 12.9. The Hall–Kier alpha value is -3.08. The van der Waals surface area contributed by atoms with Crippen molar-refractivity contribution in [2.24, 2.45) is 0 Å². The van der Waals surface area contributed by atoms with Crippen molar-refractivity contribution < 1.29 is 27.9 Å². The number of aliphatic hydroxyl groups is 1. The third kappa shape index (κ3) is 6.00. The number of aromatic nitrogens is 1. The molecule has 0 bridgehead atoms. The zero-order chi connectivity index (χ0) is 25.7. The molecule has 10 heteroatoms. The Morgan fingerprint density at radius 3 is 2.33 bits per heavy atom. The smallest absolute Gasteiger partial charge is 0.226 e. The molecule has 0 amide bonds. The molecular formula is C26H33N3O6S. The summed E-state index contributed by atoms with van der Waals surface area (Å²) in [5, 5.41) is 10.7. The van der Waals surface area contributed by atoms with E-state index in [-0.39, 0.29) is 11.5 Å². The summed E-state index contributed by atoms with van der Waals surface area (Å²) in [5.74, 6) is 3.42. The van der Waals surface area contributed by atoms with Gasteiger partial charge in [-0.2, -0.15) is 0 Å². The Bertz CT molecular complexity index is 1170. The number of rotatable bonds is 10. The minimum Gasteiger partial charge on any atom is -0.497 e. The molecule has 0 spiro atoms. The molecule has 0 aliphatic carbocycles. The predicted octanol–water partition coefficient (Wildman–Crippen LogP) is 3.07. The highest BCUT2D eigenvalue weighted by molar-refractivity contribution is 7.84. The lowest BCUT2D eigenvalue weighted by Crippen LogP contribution is -2.51. The lowest BCUT2D eigenvalue weighted by molar-refractivity contribution is 0.0184. The van der Waals surface area contributed by atoms with E-state index in [4.69, 9.17) is 18.6 Å². The summed E-state index contributed by atoms with van der Waals surface area (Å²) in [6.45, 7) is 4.76. The third-order valence-corrected chi connectivity index (χ3v) is 7.59. The molecule has 2 heterocycles. The van der Waals surface area contributed by atoms with Gasteiger partial charge in [-0.15, -0.1) is 0 Å². The summed E-state index contributed by atoms with van der Waals surface area (Å²) in [6, 6.07) is 13.4. The second-order valence-corrected chi connectivity index (χ2v) is 10.0. The lowest BCUT2D eigenvalue weighted by atomic mass is 10.2. The van der Waals surface area contributed by atoms with Crippen LogP contribution in [-0.2, 0) is 16.6 Å². The molecule has 0 saturated carbocycles. The number of hydrogen-bond donors (Lipinski definition) is 1. The summed E-state index contributed by atoms with van der Waals surface area (Å²) < 4.78 is 34.6. The fourth-order valence-electron chi connectivity index (χ4n) is 4.21. The highest BCUT2D eigenvalue weighted by atomic mass is 32.2. The number of hydrogen-bond acceptors (Lipinski definition) is 9. The van der Waals surface area contributed by atoms with E-state index in [1.54, 1.807) is 40.4 Å². The van der Waals surface area contributed by atoms with E-state index in [1.165, 1.54) is 0 Å². The summed E-state index contributed by atoms with van der Waals surface area (Å²) in [5.41, 5.74) is 2.48. The van der Waals surface area contributed by atoms with Gasteiger partial charge in [-0.1, -0.05) is 0 Å². The van der Waals surface area contributed by atoms with E-state index in [1.807, 2.05) is 35.2 Å². The lowest BCUT2D eigenvalue weighted by Gasteiger charge is -2.38. The average molecular weight is 516 g/mol. The number of ether oxygens (including phenoxy) is 3. The second kappa shape index (κ2) is 11.8. The molecular weight excluding hydrogens is 482 g/mol. The first-order chi connectivity index (χ1) is 17.4. The Balaban J connectivity index is 1.31. The molecule has 0 radical (unpaired) electrons. The van der Waals surface area contributed by atoms with E-state index in [0.717, 1.165) is 30.1 Å². The van der Waals surface area contributed by atoms with Crippen molar-refractivity contribution >= 4 is 16.5 Å². The number of nitrogens with zero attached hydrogens (tertiary/aromatic N) is 3. The maximum absolute atomic E-state index is 12.9. The zero-order valence-electron chi connectivity index (χ0n) is 21.1.